The third-order valence-electron chi connectivity index (χ3n) is 4.63. The Morgan fingerprint density at radius 3 is 2.88 bits per heavy atom. The Kier molecular flexibility index (Phi) is 3.51. The minimum atomic E-state index is -0.675. The smallest absolute Gasteiger partial charge is 0.320 e. The fourth-order valence-electron chi connectivity index (χ4n) is 3.49. The molecule has 0 radical (unpaired) electrons. The van der Waals surface area contributed by atoms with Gasteiger partial charge in [0.15, 0.2) is 11.6 Å². The maximum absolute atomic E-state index is 14.0. The molecule has 6 nitrogen and oxygen atoms in total. The van der Waals surface area contributed by atoms with Crippen LogP contribution >= 0.6 is 11.6 Å². The molecular formula is C17H12ClFN4O2. The number of nitrogens with zero attached hydrogens (tertiary/aromatic N) is 3. The number of carbonyl (C=O) groups is 1. The second kappa shape index (κ2) is 5.60. The number of hydrogen-bond acceptors (Lipinski definition) is 4. The molecule has 3 atom stereocenters. The number of benzene rings is 1. The standard InChI is InChI=1S/C17H12ClFN4O2/c18-10-2-3-11(19)16-14(10)13-9(7-25-16)15(13)23(17(21)24)12-4-1-8(5-20)6-22-12/h1-4,6,9,13,15H,7H2,(H2,21,24). The number of hydrogen-bond donors (Lipinski definition) is 1. The van der Waals surface area contributed by atoms with Crippen molar-refractivity contribution in [2.24, 2.45) is 11.7 Å². The van der Waals surface area contributed by atoms with Crippen LogP contribution in [0.4, 0.5) is 15.0 Å². The number of rotatable bonds is 2. The molecule has 1 aliphatic heterocycles. The number of aromatic nitrogens is 1. The van der Waals surface area contributed by atoms with E-state index in [-0.39, 0.29) is 30.2 Å². The van der Waals surface area contributed by atoms with Crippen LogP contribution in [-0.4, -0.2) is 23.7 Å². The van der Waals surface area contributed by atoms with Gasteiger partial charge in [0.2, 0.25) is 0 Å². The summed E-state index contributed by atoms with van der Waals surface area (Å²) < 4.78 is 19.5. The summed E-state index contributed by atoms with van der Waals surface area (Å²) in [6.45, 7) is 0.264. The molecule has 2 aromatic rings. The van der Waals surface area contributed by atoms with Crippen molar-refractivity contribution >= 4 is 23.4 Å². The van der Waals surface area contributed by atoms with E-state index in [0.717, 1.165) is 0 Å². The molecular weight excluding hydrogens is 347 g/mol. The van der Waals surface area contributed by atoms with Gasteiger partial charge in [0.25, 0.3) is 0 Å². The van der Waals surface area contributed by atoms with E-state index < -0.39 is 11.8 Å². The number of carbonyl (C=O) groups excluding carboxylic acids is 1. The Bertz CT molecular complexity index is 912. The van der Waals surface area contributed by atoms with E-state index in [2.05, 4.69) is 4.98 Å². The van der Waals surface area contributed by atoms with Crippen molar-refractivity contribution in [1.82, 2.24) is 4.98 Å². The molecule has 2 heterocycles. The van der Waals surface area contributed by atoms with Crippen molar-refractivity contribution in [3.8, 4) is 11.8 Å². The van der Waals surface area contributed by atoms with Gasteiger partial charge in [-0.2, -0.15) is 5.26 Å². The number of amides is 2. The van der Waals surface area contributed by atoms with Crippen LogP contribution in [0.25, 0.3) is 0 Å². The zero-order valence-electron chi connectivity index (χ0n) is 12.8. The Morgan fingerprint density at radius 2 is 2.24 bits per heavy atom. The quantitative estimate of drug-likeness (QED) is 0.893. The molecule has 2 amide bonds. The Hall–Kier alpha value is -2.85. The number of nitriles is 1. The maximum Gasteiger partial charge on any atom is 0.320 e. The van der Waals surface area contributed by atoms with Crippen molar-refractivity contribution in [1.29, 1.82) is 5.26 Å². The van der Waals surface area contributed by atoms with Gasteiger partial charge < -0.3 is 10.5 Å². The summed E-state index contributed by atoms with van der Waals surface area (Å²) >= 11 is 6.24. The lowest BCUT2D eigenvalue weighted by Crippen LogP contribution is -2.39. The van der Waals surface area contributed by atoms with E-state index in [0.29, 0.717) is 22.0 Å². The molecule has 4 rings (SSSR count). The fraction of sp³-hybridized carbons (Fsp3) is 0.235. The van der Waals surface area contributed by atoms with Crippen molar-refractivity contribution in [3.05, 3.63) is 52.4 Å². The van der Waals surface area contributed by atoms with Gasteiger partial charge >= 0.3 is 6.03 Å². The first-order chi connectivity index (χ1) is 12.0. The summed E-state index contributed by atoms with van der Waals surface area (Å²) in [5.74, 6) is -0.229. The Labute approximate surface area is 147 Å². The van der Waals surface area contributed by atoms with Crippen LogP contribution in [0.15, 0.2) is 30.5 Å². The van der Waals surface area contributed by atoms with Gasteiger partial charge in [-0.05, 0) is 24.3 Å². The molecule has 2 N–H and O–H groups in total. The molecule has 1 saturated carbocycles. The van der Waals surface area contributed by atoms with Crippen LogP contribution in [0.3, 0.4) is 0 Å². The first-order valence-electron chi connectivity index (χ1n) is 7.58. The lowest BCUT2D eigenvalue weighted by molar-refractivity contribution is 0.251. The van der Waals surface area contributed by atoms with Crippen LogP contribution in [0.1, 0.15) is 17.0 Å². The highest BCUT2D eigenvalue weighted by Crippen LogP contribution is 2.59. The summed E-state index contributed by atoms with van der Waals surface area (Å²) in [5.41, 5.74) is 6.49. The van der Waals surface area contributed by atoms with Crippen LogP contribution in [0.5, 0.6) is 5.75 Å². The zero-order chi connectivity index (χ0) is 17.7. The highest BCUT2D eigenvalue weighted by molar-refractivity contribution is 6.31. The molecule has 25 heavy (non-hydrogen) atoms. The highest BCUT2D eigenvalue weighted by Gasteiger charge is 2.60. The second-order valence-electron chi connectivity index (χ2n) is 5.99. The first-order valence-corrected chi connectivity index (χ1v) is 7.96. The third-order valence-corrected chi connectivity index (χ3v) is 4.96. The minimum Gasteiger partial charge on any atom is -0.490 e. The van der Waals surface area contributed by atoms with Crippen molar-refractivity contribution < 1.29 is 13.9 Å². The van der Waals surface area contributed by atoms with Crippen molar-refractivity contribution in [3.63, 3.8) is 0 Å². The van der Waals surface area contributed by atoms with Gasteiger partial charge in [0.1, 0.15) is 11.9 Å². The Balaban J connectivity index is 1.73. The van der Waals surface area contributed by atoms with Crippen LogP contribution in [0, 0.1) is 23.1 Å². The van der Waals surface area contributed by atoms with Gasteiger partial charge in [-0.25, -0.2) is 14.2 Å². The summed E-state index contributed by atoms with van der Waals surface area (Å²) in [6, 6.07) is 6.82. The van der Waals surface area contributed by atoms with Crippen molar-refractivity contribution in [2.75, 3.05) is 11.5 Å². The van der Waals surface area contributed by atoms with E-state index in [9.17, 15) is 9.18 Å². The molecule has 0 saturated heterocycles. The molecule has 8 heteroatoms. The number of ether oxygens (including phenoxy) is 1. The highest BCUT2D eigenvalue weighted by atomic mass is 35.5. The second-order valence-corrected chi connectivity index (χ2v) is 6.40. The lowest BCUT2D eigenvalue weighted by Gasteiger charge is -2.20. The molecule has 1 aromatic heterocycles. The Morgan fingerprint density at radius 1 is 1.44 bits per heavy atom. The fourth-order valence-corrected chi connectivity index (χ4v) is 3.76. The predicted octanol–water partition coefficient (Wildman–Crippen LogP) is 2.81. The average molecular weight is 359 g/mol. The van der Waals surface area contributed by atoms with Crippen LogP contribution in [-0.2, 0) is 0 Å². The van der Waals surface area contributed by atoms with Gasteiger partial charge in [0.05, 0.1) is 18.2 Å². The number of halogens is 2. The molecule has 2 aliphatic rings. The van der Waals surface area contributed by atoms with Crippen molar-refractivity contribution in [2.45, 2.75) is 12.0 Å². The van der Waals surface area contributed by atoms with E-state index in [1.54, 1.807) is 12.1 Å². The number of fused-ring (bicyclic) bond motifs is 3. The topological polar surface area (TPSA) is 92.2 Å². The SMILES string of the molecule is N#Cc1ccc(N(C(N)=O)C2C3COc4c(F)ccc(Cl)c4C32)nc1. The molecule has 3 unspecified atom stereocenters. The first kappa shape index (κ1) is 15.7. The van der Waals surface area contributed by atoms with E-state index in [1.807, 2.05) is 6.07 Å². The van der Waals surface area contributed by atoms with Gasteiger partial charge in [0, 0.05) is 28.6 Å². The monoisotopic (exact) mass is 358 g/mol. The summed E-state index contributed by atoms with van der Waals surface area (Å²) in [5, 5.41) is 9.26. The molecule has 126 valence electrons. The number of primary amides is 1. The lowest BCUT2D eigenvalue weighted by atomic mass is 10.1. The zero-order valence-corrected chi connectivity index (χ0v) is 13.6. The maximum atomic E-state index is 14.0. The van der Waals surface area contributed by atoms with Gasteiger partial charge in [-0.3, -0.25) is 4.90 Å². The number of urea groups is 1. The van der Waals surface area contributed by atoms with E-state index in [1.165, 1.54) is 23.2 Å². The number of anilines is 1. The van der Waals surface area contributed by atoms with Gasteiger partial charge in [-0.1, -0.05) is 11.6 Å². The minimum absolute atomic E-state index is 0.0447. The summed E-state index contributed by atoms with van der Waals surface area (Å²) in [6.07, 6.45) is 1.37. The summed E-state index contributed by atoms with van der Waals surface area (Å²) in [4.78, 5) is 17.5. The van der Waals surface area contributed by atoms with Crippen LogP contribution in [0.2, 0.25) is 5.02 Å². The summed E-state index contributed by atoms with van der Waals surface area (Å²) in [7, 11) is 0. The molecule has 0 bridgehead atoms. The predicted molar refractivity (Wildman–Crippen MR) is 87.9 cm³/mol. The van der Waals surface area contributed by atoms with E-state index in [4.69, 9.17) is 27.3 Å². The van der Waals surface area contributed by atoms with E-state index >= 15 is 0 Å². The average Bonchev–Trinajstić information content (AvgIpc) is 3.32. The largest absolute Gasteiger partial charge is 0.490 e. The van der Waals surface area contributed by atoms with Crippen LogP contribution < -0.4 is 15.4 Å². The van der Waals surface area contributed by atoms with Gasteiger partial charge in [-0.15, -0.1) is 0 Å². The number of pyridine rings is 1. The molecule has 1 fully saturated rings. The normalized spacial score (nSPS) is 22.8. The molecule has 1 aromatic carbocycles. The molecule has 1 aliphatic carbocycles. The number of nitrogens with two attached hydrogens (primary N) is 1. The molecule has 0 spiro atoms. The third kappa shape index (κ3) is 2.37.